The van der Waals surface area contributed by atoms with Crippen LogP contribution in [-0.4, -0.2) is 24.8 Å². The number of hydrogen-bond acceptors (Lipinski definition) is 2. The predicted octanol–water partition coefficient (Wildman–Crippen LogP) is 0.773. The highest BCUT2D eigenvalue weighted by molar-refractivity contribution is 4.83. The lowest BCUT2D eigenvalue weighted by atomic mass is 10.0. The van der Waals surface area contributed by atoms with Crippen LogP contribution in [0, 0.1) is 0 Å². The summed E-state index contributed by atoms with van der Waals surface area (Å²) in [5, 5.41) is 3.43. The Balaban J connectivity index is 2.41. The second-order valence-corrected chi connectivity index (χ2v) is 3.44. The van der Waals surface area contributed by atoms with Crippen LogP contribution in [0.15, 0.2) is 0 Å². The second kappa shape index (κ2) is 2.27. The Morgan fingerprint density at radius 1 is 1.56 bits per heavy atom. The topological polar surface area (TPSA) is 21.3 Å². The smallest absolute Gasteiger partial charge is 0.0643 e. The highest BCUT2D eigenvalue weighted by Gasteiger charge is 2.24. The predicted molar refractivity (Wildman–Crippen MR) is 37.5 cm³/mol. The summed E-state index contributed by atoms with van der Waals surface area (Å²) in [6, 6.07) is 0.508. The Hall–Kier alpha value is -0.0800. The Morgan fingerprint density at radius 3 is 2.56 bits per heavy atom. The zero-order valence-corrected chi connectivity index (χ0v) is 6.40. The van der Waals surface area contributed by atoms with E-state index in [2.05, 4.69) is 26.1 Å². The SMILES string of the molecule is C[C@@H]1COCC(C)(C)N1. The molecule has 1 atom stereocenters. The third kappa shape index (κ3) is 1.95. The molecule has 1 heterocycles. The van der Waals surface area contributed by atoms with E-state index < -0.39 is 0 Å². The van der Waals surface area contributed by atoms with Crippen LogP contribution in [0.25, 0.3) is 0 Å². The molecule has 1 rings (SSSR count). The van der Waals surface area contributed by atoms with Crippen LogP contribution in [0.2, 0.25) is 0 Å². The van der Waals surface area contributed by atoms with Gasteiger partial charge in [0.1, 0.15) is 0 Å². The molecule has 1 aliphatic rings. The molecule has 0 saturated carbocycles. The molecule has 0 spiro atoms. The van der Waals surface area contributed by atoms with E-state index in [4.69, 9.17) is 4.74 Å². The largest absolute Gasteiger partial charge is 0.378 e. The van der Waals surface area contributed by atoms with Crippen LogP contribution in [0.1, 0.15) is 20.8 Å². The van der Waals surface area contributed by atoms with Gasteiger partial charge in [0.05, 0.1) is 13.2 Å². The molecule has 1 saturated heterocycles. The minimum atomic E-state index is 0.178. The van der Waals surface area contributed by atoms with Crippen molar-refractivity contribution in [1.82, 2.24) is 5.32 Å². The van der Waals surface area contributed by atoms with Crippen LogP contribution < -0.4 is 5.32 Å². The van der Waals surface area contributed by atoms with Gasteiger partial charge in [-0.25, -0.2) is 0 Å². The van der Waals surface area contributed by atoms with Gasteiger partial charge < -0.3 is 10.1 Å². The van der Waals surface area contributed by atoms with Crippen molar-refractivity contribution in [2.75, 3.05) is 13.2 Å². The molecule has 2 nitrogen and oxygen atoms in total. The van der Waals surface area contributed by atoms with Crippen molar-refractivity contribution in [3.63, 3.8) is 0 Å². The molecule has 1 N–H and O–H groups in total. The van der Waals surface area contributed by atoms with E-state index in [9.17, 15) is 0 Å². The molecular formula is C7H15NO. The van der Waals surface area contributed by atoms with Gasteiger partial charge in [-0.1, -0.05) is 0 Å². The van der Waals surface area contributed by atoms with E-state index in [0.717, 1.165) is 13.2 Å². The molecule has 0 amide bonds. The summed E-state index contributed by atoms with van der Waals surface area (Å²) in [5.41, 5.74) is 0.178. The normalized spacial score (nSPS) is 34.3. The summed E-state index contributed by atoms with van der Waals surface area (Å²) in [4.78, 5) is 0. The lowest BCUT2D eigenvalue weighted by Gasteiger charge is -2.35. The van der Waals surface area contributed by atoms with E-state index in [1.165, 1.54) is 0 Å². The van der Waals surface area contributed by atoms with Gasteiger partial charge in [0.15, 0.2) is 0 Å². The van der Waals surface area contributed by atoms with Crippen molar-refractivity contribution in [1.29, 1.82) is 0 Å². The van der Waals surface area contributed by atoms with E-state index in [1.54, 1.807) is 0 Å². The lowest BCUT2D eigenvalue weighted by Crippen LogP contribution is -2.54. The lowest BCUT2D eigenvalue weighted by molar-refractivity contribution is 0.0182. The van der Waals surface area contributed by atoms with Crippen molar-refractivity contribution in [2.45, 2.75) is 32.4 Å². The van der Waals surface area contributed by atoms with Crippen LogP contribution in [0.4, 0.5) is 0 Å². The van der Waals surface area contributed by atoms with E-state index in [1.807, 2.05) is 0 Å². The first-order valence-electron chi connectivity index (χ1n) is 3.46. The summed E-state index contributed by atoms with van der Waals surface area (Å²) in [5.74, 6) is 0. The van der Waals surface area contributed by atoms with Gasteiger partial charge in [-0.2, -0.15) is 0 Å². The third-order valence-electron chi connectivity index (χ3n) is 1.47. The molecule has 54 valence electrons. The molecular weight excluding hydrogens is 114 g/mol. The maximum Gasteiger partial charge on any atom is 0.0643 e. The minimum Gasteiger partial charge on any atom is -0.378 e. The van der Waals surface area contributed by atoms with E-state index >= 15 is 0 Å². The van der Waals surface area contributed by atoms with Gasteiger partial charge in [0.25, 0.3) is 0 Å². The zero-order chi connectivity index (χ0) is 6.91. The summed E-state index contributed by atoms with van der Waals surface area (Å²) >= 11 is 0. The number of rotatable bonds is 0. The Morgan fingerprint density at radius 2 is 2.22 bits per heavy atom. The Bertz CT molecular complexity index is 101. The zero-order valence-electron chi connectivity index (χ0n) is 6.40. The summed E-state index contributed by atoms with van der Waals surface area (Å²) in [7, 11) is 0. The van der Waals surface area contributed by atoms with Crippen LogP contribution >= 0.6 is 0 Å². The van der Waals surface area contributed by atoms with Crippen LogP contribution in [0.3, 0.4) is 0 Å². The molecule has 9 heavy (non-hydrogen) atoms. The van der Waals surface area contributed by atoms with Crippen molar-refractivity contribution in [3.8, 4) is 0 Å². The quantitative estimate of drug-likeness (QED) is 0.521. The van der Waals surface area contributed by atoms with Gasteiger partial charge >= 0.3 is 0 Å². The first kappa shape index (κ1) is 7.03. The standard InChI is InChI=1S/C7H15NO/c1-6-4-9-5-7(2,3)8-6/h6,8H,4-5H2,1-3H3/t6-/m1/s1. The molecule has 0 aliphatic carbocycles. The van der Waals surface area contributed by atoms with Crippen molar-refractivity contribution in [3.05, 3.63) is 0 Å². The molecule has 1 fully saturated rings. The average Bonchev–Trinajstić information content (AvgIpc) is 1.60. The Kier molecular flexibility index (Phi) is 1.78. The highest BCUT2D eigenvalue weighted by atomic mass is 16.5. The highest BCUT2D eigenvalue weighted by Crippen LogP contribution is 2.09. The molecule has 0 bridgehead atoms. The van der Waals surface area contributed by atoms with Crippen molar-refractivity contribution < 1.29 is 4.74 Å². The van der Waals surface area contributed by atoms with Gasteiger partial charge in [-0.05, 0) is 20.8 Å². The second-order valence-electron chi connectivity index (χ2n) is 3.44. The fourth-order valence-corrected chi connectivity index (χ4v) is 1.24. The molecule has 0 aromatic heterocycles. The van der Waals surface area contributed by atoms with Gasteiger partial charge in [-0.3, -0.25) is 0 Å². The number of ether oxygens (including phenoxy) is 1. The monoisotopic (exact) mass is 129 g/mol. The molecule has 2 heteroatoms. The van der Waals surface area contributed by atoms with E-state index in [-0.39, 0.29) is 5.54 Å². The Labute approximate surface area is 56.6 Å². The minimum absolute atomic E-state index is 0.178. The summed E-state index contributed by atoms with van der Waals surface area (Å²) in [6.45, 7) is 8.13. The fraction of sp³-hybridized carbons (Fsp3) is 1.00. The maximum atomic E-state index is 5.33. The average molecular weight is 129 g/mol. The molecule has 0 unspecified atom stereocenters. The molecule has 0 aromatic rings. The van der Waals surface area contributed by atoms with Gasteiger partial charge in [-0.15, -0.1) is 0 Å². The number of nitrogens with one attached hydrogen (secondary N) is 1. The first-order chi connectivity index (χ1) is 4.10. The fourth-order valence-electron chi connectivity index (χ4n) is 1.24. The number of hydrogen-bond donors (Lipinski definition) is 1. The maximum absolute atomic E-state index is 5.33. The first-order valence-corrected chi connectivity index (χ1v) is 3.46. The summed E-state index contributed by atoms with van der Waals surface area (Å²) < 4.78 is 5.33. The van der Waals surface area contributed by atoms with Crippen molar-refractivity contribution in [2.24, 2.45) is 0 Å². The third-order valence-corrected chi connectivity index (χ3v) is 1.47. The molecule has 0 aromatic carbocycles. The van der Waals surface area contributed by atoms with Gasteiger partial charge in [0.2, 0.25) is 0 Å². The molecule has 1 aliphatic heterocycles. The van der Waals surface area contributed by atoms with Crippen LogP contribution in [0.5, 0.6) is 0 Å². The number of morpholine rings is 1. The van der Waals surface area contributed by atoms with Gasteiger partial charge in [0, 0.05) is 11.6 Å². The molecule has 0 radical (unpaired) electrons. The summed E-state index contributed by atoms with van der Waals surface area (Å²) in [6.07, 6.45) is 0. The van der Waals surface area contributed by atoms with Crippen LogP contribution in [-0.2, 0) is 4.74 Å². The van der Waals surface area contributed by atoms with E-state index in [0.29, 0.717) is 6.04 Å². The van der Waals surface area contributed by atoms with Crippen molar-refractivity contribution >= 4 is 0 Å².